The first-order chi connectivity index (χ1) is 13.5. The van der Waals surface area contributed by atoms with Crippen LogP contribution in [0.25, 0.3) is 0 Å². The number of hydrazone groups is 1. The van der Waals surface area contributed by atoms with Crippen molar-refractivity contribution < 1.29 is 0 Å². The molecule has 0 heterocycles. The Morgan fingerprint density at radius 1 is 0.500 bits per heavy atom. The van der Waals surface area contributed by atoms with Crippen LogP contribution < -0.4 is 0 Å². The largest absolute Gasteiger partial charge is 0.355 e. The molecule has 0 bridgehead atoms. The van der Waals surface area contributed by atoms with Crippen molar-refractivity contribution in [3.05, 3.63) is 0 Å². The van der Waals surface area contributed by atoms with Gasteiger partial charge in [0.05, 0.1) is 5.54 Å². The van der Waals surface area contributed by atoms with E-state index in [1.54, 1.807) is 0 Å². The Morgan fingerprint density at radius 3 is 0.967 bits per heavy atom. The predicted octanol–water partition coefficient (Wildman–Crippen LogP) is 1.40. The van der Waals surface area contributed by atoms with Gasteiger partial charge in [-0.2, -0.15) is 0 Å². The zero-order valence-corrected chi connectivity index (χ0v) is 23.0. The van der Waals surface area contributed by atoms with Crippen LogP contribution in [0.2, 0.25) is 0 Å². The van der Waals surface area contributed by atoms with Crippen molar-refractivity contribution in [3.63, 3.8) is 0 Å². The van der Waals surface area contributed by atoms with Gasteiger partial charge < -0.3 is 29.4 Å². The van der Waals surface area contributed by atoms with Crippen LogP contribution in [0.4, 0.5) is 0 Å². The minimum absolute atomic E-state index is 0.286. The summed E-state index contributed by atoms with van der Waals surface area (Å²) in [6.45, 7) is 6.43. The fourth-order valence-electron chi connectivity index (χ4n) is 2.66. The van der Waals surface area contributed by atoms with Crippen LogP contribution in [0.1, 0.15) is 20.8 Å². The van der Waals surface area contributed by atoms with Crippen molar-refractivity contribution in [1.82, 2.24) is 34.2 Å². The van der Waals surface area contributed by atoms with E-state index in [1.165, 1.54) is 0 Å². The average molecular weight is 446 g/mol. The van der Waals surface area contributed by atoms with Crippen molar-refractivity contribution in [2.24, 2.45) is 14.6 Å². The van der Waals surface area contributed by atoms with E-state index in [0.29, 0.717) is 0 Å². The van der Waals surface area contributed by atoms with Gasteiger partial charge in [0.1, 0.15) is 0 Å². The Hall–Kier alpha value is -1.96. The molecule has 11 heteroatoms. The third kappa shape index (κ3) is 8.42. The number of nitrogens with zero attached hydrogens (tertiary/aromatic N) is 10. The Morgan fingerprint density at radius 2 is 0.767 bits per heavy atom. The minimum Gasteiger partial charge on any atom is -0.347 e. The molecular weight excluding hydrogens is 399 g/mol. The second kappa shape index (κ2) is 11.4. The van der Waals surface area contributed by atoms with Crippen LogP contribution >= 0.6 is 8.37 Å². The topological polar surface area (TPSA) is 59.8 Å². The summed E-state index contributed by atoms with van der Waals surface area (Å²) in [5.74, 6) is 2.54. The van der Waals surface area contributed by atoms with Gasteiger partial charge in [-0.25, -0.2) is 0 Å². The highest BCUT2D eigenvalue weighted by atomic mass is 31.1. The van der Waals surface area contributed by atoms with Crippen LogP contribution in [-0.4, -0.2) is 142 Å². The van der Waals surface area contributed by atoms with E-state index >= 15 is 0 Å². The fourth-order valence-corrected chi connectivity index (χ4v) is 4.84. The number of hydrogen-bond donors (Lipinski definition) is 0. The summed E-state index contributed by atoms with van der Waals surface area (Å²) >= 11 is 0. The SMILES string of the molecule is CN(C)C(=NN([PH+](N=C(N(C)C)N(C)C)N=C(N(C)C)N(C)C)C(C)(C)C)N(C)C. The first-order valence-electron chi connectivity index (χ1n) is 9.97. The Bertz CT molecular complexity index is 555. The molecule has 0 radical (unpaired) electrons. The van der Waals surface area contributed by atoms with Crippen molar-refractivity contribution in [1.29, 1.82) is 0 Å². The van der Waals surface area contributed by atoms with E-state index in [-0.39, 0.29) is 5.54 Å². The fraction of sp³-hybridized carbons (Fsp3) is 0.842. The molecule has 0 spiro atoms. The zero-order chi connectivity index (χ0) is 24.0. The van der Waals surface area contributed by atoms with Gasteiger partial charge >= 0.3 is 8.37 Å². The van der Waals surface area contributed by atoms with E-state index in [0.717, 1.165) is 17.9 Å². The summed E-state index contributed by atoms with van der Waals surface area (Å²) in [6.07, 6.45) is 0. The van der Waals surface area contributed by atoms with E-state index in [4.69, 9.17) is 14.6 Å². The van der Waals surface area contributed by atoms with E-state index in [2.05, 4.69) is 25.6 Å². The van der Waals surface area contributed by atoms with Crippen LogP contribution in [-0.2, 0) is 0 Å². The second-order valence-corrected chi connectivity index (χ2v) is 10.8. The van der Waals surface area contributed by atoms with Gasteiger partial charge in [-0.1, -0.05) is 0 Å². The van der Waals surface area contributed by atoms with Crippen molar-refractivity contribution in [2.45, 2.75) is 26.3 Å². The highest BCUT2D eigenvalue weighted by molar-refractivity contribution is 7.52. The quantitative estimate of drug-likeness (QED) is 0.281. The van der Waals surface area contributed by atoms with E-state index in [9.17, 15) is 0 Å². The summed E-state index contributed by atoms with van der Waals surface area (Å²) < 4.78 is 12.3. The molecule has 0 aromatic rings. The standard InChI is InChI=1S/C19H45N10P/c1-19(2,3)29(20-16(23(4)5)24(6)7)30(21-17(25(8)9)26(10)11)22-18(27(12)13)28(14)15/h1-15H3/p+1. The second-order valence-electron chi connectivity index (χ2n) is 9.37. The molecule has 176 valence electrons. The molecule has 0 rings (SSSR count). The molecule has 0 aliphatic rings. The molecule has 0 unspecified atom stereocenters. The summed E-state index contributed by atoms with van der Waals surface area (Å²) in [5.41, 5.74) is -0.286. The highest BCUT2D eigenvalue weighted by Crippen LogP contribution is 2.49. The van der Waals surface area contributed by atoms with Crippen molar-refractivity contribution in [2.75, 3.05) is 84.6 Å². The van der Waals surface area contributed by atoms with Gasteiger partial charge in [-0.15, -0.1) is 9.88 Å². The lowest BCUT2D eigenvalue weighted by molar-refractivity contribution is 0.263. The number of rotatable bonds is 4. The third-order valence-corrected chi connectivity index (χ3v) is 5.76. The predicted molar refractivity (Wildman–Crippen MR) is 134 cm³/mol. The molecule has 0 amide bonds. The maximum absolute atomic E-state index is 5.13. The van der Waals surface area contributed by atoms with Gasteiger partial charge in [-0.05, 0) is 30.3 Å². The molecule has 0 aliphatic carbocycles. The molecule has 0 aromatic heterocycles. The van der Waals surface area contributed by atoms with Gasteiger partial charge in [0, 0.05) is 84.6 Å². The van der Waals surface area contributed by atoms with Crippen LogP contribution in [0, 0.1) is 0 Å². The molecule has 0 saturated heterocycles. The smallest absolute Gasteiger partial charge is 0.347 e. The van der Waals surface area contributed by atoms with Crippen LogP contribution in [0.3, 0.4) is 0 Å². The third-order valence-electron chi connectivity index (χ3n) is 3.81. The van der Waals surface area contributed by atoms with E-state index in [1.807, 2.05) is 114 Å². The summed E-state index contributed by atoms with van der Waals surface area (Å²) in [4.78, 5) is 12.0. The monoisotopic (exact) mass is 445 g/mol. The van der Waals surface area contributed by atoms with Gasteiger partial charge in [-0.3, -0.25) is 0 Å². The van der Waals surface area contributed by atoms with Gasteiger partial charge in [0.25, 0.3) is 0 Å². The van der Waals surface area contributed by atoms with Gasteiger partial charge in [0.15, 0.2) is 0 Å². The average Bonchev–Trinajstić information content (AvgIpc) is 2.52. The summed E-state index contributed by atoms with van der Waals surface area (Å²) in [5, 5.41) is 5.05. The molecule has 0 atom stereocenters. The van der Waals surface area contributed by atoms with Crippen LogP contribution in [0.15, 0.2) is 14.6 Å². The lowest BCUT2D eigenvalue weighted by Gasteiger charge is -2.33. The summed E-state index contributed by atoms with van der Waals surface area (Å²) in [6, 6.07) is 0. The maximum atomic E-state index is 5.13. The Kier molecular flexibility index (Phi) is 10.7. The normalized spacial score (nSPS) is 10.8. The zero-order valence-electron chi connectivity index (χ0n) is 22.0. The van der Waals surface area contributed by atoms with Crippen LogP contribution in [0.5, 0.6) is 0 Å². The first kappa shape index (κ1) is 28.0. The maximum Gasteiger partial charge on any atom is 0.355 e. The molecule has 30 heavy (non-hydrogen) atoms. The van der Waals surface area contributed by atoms with E-state index < -0.39 is 8.37 Å². The molecule has 0 aromatic carbocycles. The Labute approximate surface area is 186 Å². The number of hydrogen-bond acceptors (Lipinski definition) is 4. The minimum atomic E-state index is -1.88. The molecule has 10 nitrogen and oxygen atoms in total. The molecular formula is C19H46N10P+. The lowest BCUT2D eigenvalue weighted by Crippen LogP contribution is -2.42. The molecule has 0 aliphatic heterocycles. The lowest BCUT2D eigenvalue weighted by atomic mass is 10.1. The summed E-state index contributed by atoms with van der Waals surface area (Å²) in [7, 11) is 22.1. The molecule has 0 N–H and O–H groups in total. The van der Waals surface area contributed by atoms with Crippen molar-refractivity contribution in [3.8, 4) is 0 Å². The highest BCUT2D eigenvalue weighted by Gasteiger charge is 2.38. The first-order valence-corrected chi connectivity index (χ1v) is 11.3. The van der Waals surface area contributed by atoms with Gasteiger partial charge in [0.2, 0.25) is 17.9 Å². The van der Waals surface area contributed by atoms with Crippen molar-refractivity contribution >= 4 is 26.3 Å². The molecule has 0 fully saturated rings. The molecule has 0 saturated carbocycles. The Balaban J connectivity index is 6.97. The number of guanidine groups is 3.